The van der Waals surface area contributed by atoms with Crippen LogP contribution in [0.1, 0.15) is 39.5 Å². The van der Waals surface area contributed by atoms with E-state index in [1.165, 1.54) is 0 Å². The van der Waals surface area contributed by atoms with Gasteiger partial charge in [-0.15, -0.1) is 0 Å². The van der Waals surface area contributed by atoms with Gasteiger partial charge in [0.05, 0.1) is 10.9 Å². The fourth-order valence-electron chi connectivity index (χ4n) is 3.41. The van der Waals surface area contributed by atoms with Gasteiger partial charge in [-0.3, -0.25) is 0 Å². The standard InChI is InChI=1S/C21H29N3O2S/c1-16(2)27(25,26)22-15-17-11-13-19(14-12-17)23-21-10-6-9-20(24-21)18-7-4-3-5-8-18/h3-10,16-17,19,22H,11-15H2,1-2H3,(H,23,24). The number of hydrogen-bond donors (Lipinski definition) is 2. The zero-order valence-corrected chi connectivity index (χ0v) is 16.9. The second-order valence-corrected chi connectivity index (χ2v) is 9.90. The van der Waals surface area contributed by atoms with E-state index < -0.39 is 10.0 Å². The Hall–Kier alpha value is -1.92. The van der Waals surface area contributed by atoms with Crippen molar-refractivity contribution in [2.75, 3.05) is 11.9 Å². The first-order valence-corrected chi connectivity index (χ1v) is 11.3. The maximum absolute atomic E-state index is 11.9. The second-order valence-electron chi connectivity index (χ2n) is 7.58. The van der Waals surface area contributed by atoms with E-state index in [4.69, 9.17) is 4.98 Å². The van der Waals surface area contributed by atoms with Gasteiger partial charge in [0.15, 0.2) is 0 Å². The van der Waals surface area contributed by atoms with E-state index >= 15 is 0 Å². The van der Waals surface area contributed by atoms with Gasteiger partial charge in [0.25, 0.3) is 0 Å². The highest BCUT2D eigenvalue weighted by molar-refractivity contribution is 7.90. The SMILES string of the molecule is CC(C)S(=O)(=O)NCC1CCC(Nc2cccc(-c3ccccc3)n2)CC1. The summed E-state index contributed by atoms with van der Waals surface area (Å²) in [5.74, 6) is 1.32. The van der Waals surface area contributed by atoms with Crippen LogP contribution in [0.15, 0.2) is 48.5 Å². The number of hydrogen-bond acceptors (Lipinski definition) is 4. The third-order valence-corrected chi connectivity index (χ3v) is 7.02. The van der Waals surface area contributed by atoms with Crippen LogP contribution in [0.25, 0.3) is 11.3 Å². The molecule has 27 heavy (non-hydrogen) atoms. The molecule has 0 unspecified atom stereocenters. The van der Waals surface area contributed by atoms with Gasteiger partial charge in [-0.25, -0.2) is 18.1 Å². The van der Waals surface area contributed by atoms with Gasteiger partial charge in [-0.1, -0.05) is 36.4 Å². The number of nitrogens with zero attached hydrogens (tertiary/aromatic N) is 1. The molecule has 2 N–H and O–H groups in total. The number of rotatable bonds is 7. The van der Waals surface area contributed by atoms with Gasteiger partial charge in [0.1, 0.15) is 5.82 Å². The molecule has 0 bridgehead atoms. The van der Waals surface area contributed by atoms with Crippen molar-refractivity contribution in [1.82, 2.24) is 9.71 Å². The summed E-state index contributed by atoms with van der Waals surface area (Å²) in [6.07, 6.45) is 4.12. The summed E-state index contributed by atoms with van der Waals surface area (Å²) >= 11 is 0. The molecule has 146 valence electrons. The van der Waals surface area contributed by atoms with Crippen LogP contribution in [0.3, 0.4) is 0 Å². The summed E-state index contributed by atoms with van der Waals surface area (Å²) in [7, 11) is -3.17. The van der Waals surface area contributed by atoms with Crippen LogP contribution in [0.5, 0.6) is 0 Å². The molecule has 1 fully saturated rings. The van der Waals surface area contributed by atoms with E-state index in [1.54, 1.807) is 13.8 Å². The lowest BCUT2D eigenvalue weighted by atomic mass is 9.86. The van der Waals surface area contributed by atoms with Crippen molar-refractivity contribution in [1.29, 1.82) is 0 Å². The van der Waals surface area contributed by atoms with Crippen LogP contribution in [-0.2, 0) is 10.0 Å². The van der Waals surface area contributed by atoms with E-state index in [2.05, 4.69) is 22.2 Å². The topological polar surface area (TPSA) is 71.1 Å². The minimum Gasteiger partial charge on any atom is -0.367 e. The fourth-order valence-corrected chi connectivity index (χ4v) is 4.21. The molecule has 6 heteroatoms. The van der Waals surface area contributed by atoms with Gasteiger partial charge in [-0.2, -0.15) is 0 Å². The summed E-state index contributed by atoms with van der Waals surface area (Å²) in [6.45, 7) is 3.97. The molecule has 1 aliphatic rings. The molecular formula is C21H29N3O2S. The quantitative estimate of drug-likeness (QED) is 0.752. The average molecular weight is 388 g/mol. The number of anilines is 1. The van der Waals surface area contributed by atoms with Crippen molar-refractivity contribution in [3.05, 3.63) is 48.5 Å². The molecule has 1 aromatic carbocycles. The van der Waals surface area contributed by atoms with Gasteiger partial charge in [0.2, 0.25) is 10.0 Å². The Morgan fingerprint density at radius 3 is 2.37 bits per heavy atom. The maximum Gasteiger partial charge on any atom is 0.213 e. The van der Waals surface area contributed by atoms with Gasteiger partial charge in [-0.05, 0) is 57.6 Å². The predicted octanol–water partition coefficient (Wildman–Crippen LogP) is 4.05. The molecule has 1 saturated carbocycles. The first-order valence-electron chi connectivity index (χ1n) is 9.71. The van der Waals surface area contributed by atoms with Crippen LogP contribution in [-0.4, -0.2) is 31.2 Å². The van der Waals surface area contributed by atoms with E-state index in [0.717, 1.165) is 42.8 Å². The monoisotopic (exact) mass is 387 g/mol. The second kappa shape index (κ2) is 8.85. The van der Waals surface area contributed by atoms with Gasteiger partial charge in [0, 0.05) is 18.2 Å². The van der Waals surface area contributed by atoms with Gasteiger partial charge < -0.3 is 5.32 Å². The van der Waals surface area contributed by atoms with Gasteiger partial charge >= 0.3 is 0 Å². The lowest BCUT2D eigenvalue weighted by Gasteiger charge is -2.29. The lowest BCUT2D eigenvalue weighted by Crippen LogP contribution is -2.37. The first-order chi connectivity index (χ1) is 12.9. The zero-order chi connectivity index (χ0) is 19.3. The highest BCUT2D eigenvalue weighted by atomic mass is 32.2. The van der Waals surface area contributed by atoms with E-state index in [9.17, 15) is 8.42 Å². The van der Waals surface area contributed by atoms with Crippen molar-refractivity contribution in [3.8, 4) is 11.3 Å². The summed E-state index contributed by atoms with van der Waals surface area (Å²) in [5.41, 5.74) is 2.08. The van der Waals surface area contributed by atoms with Crippen molar-refractivity contribution < 1.29 is 8.42 Å². The average Bonchev–Trinajstić information content (AvgIpc) is 2.68. The third kappa shape index (κ3) is 5.53. The fraction of sp³-hybridized carbons (Fsp3) is 0.476. The van der Waals surface area contributed by atoms with E-state index in [0.29, 0.717) is 18.5 Å². The molecule has 1 aromatic heterocycles. The Bertz CT molecular complexity index is 830. The Balaban J connectivity index is 1.51. The molecular weight excluding hydrogens is 358 g/mol. The van der Waals surface area contributed by atoms with Crippen molar-refractivity contribution in [2.24, 2.45) is 5.92 Å². The van der Waals surface area contributed by atoms with E-state index in [1.807, 2.05) is 36.4 Å². The van der Waals surface area contributed by atoms with Crippen LogP contribution in [0.4, 0.5) is 5.82 Å². The Kier molecular flexibility index (Phi) is 6.50. The Morgan fingerprint density at radius 1 is 1.00 bits per heavy atom. The summed E-state index contributed by atoms with van der Waals surface area (Å²) in [6, 6.07) is 16.6. The number of pyridine rings is 1. The highest BCUT2D eigenvalue weighted by Gasteiger charge is 2.24. The molecule has 1 aliphatic carbocycles. The van der Waals surface area contributed by atoms with Crippen molar-refractivity contribution >= 4 is 15.8 Å². The minimum atomic E-state index is -3.17. The molecule has 3 rings (SSSR count). The largest absolute Gasteiger partial charge is 0.367 e. The lowest BCUT2D eigenvalue weighted by molar-refractivity contribution is 0.336. The summed E-state index contributed by atoms with van der Waals surface area (Å²) < 4.78 is 26.5. The Labute approximate surface area is 162 Å². The summed E-state index contributed by atoms with van der Waals surface area (Å²) in [4.78, 5) is 4.74. The molecule has 0 atom stereocenters. The molecule has 0 saturated heterocycles. The number of nitrogens with one attached hydrogen (secondary N) is 2. The molecule has 0 aliphatic heterocycles. The van der Waals surface area contributed by atoms with Crippen LogP contribution in [0.2, 0.25) is 0 Å². The van der Waals surface area contributed by atoms with Crippen LogP contribution < -0.4 is 10.0 Å². The van der Waals surface area contributed by atoms with Crippen LogP contribution >= 0.6 is 0 Å². The predicted molar refractivity (Wildman–Crippen MR) is 111 cm³/mol. The Morgan fingerprint density at radius 2 is 1.70 bits per heavy atom. The highest BCUT2D eigenvalue weighted by Crippen LogP contribution is 2.27. The first kappa shape index (κ1) is 19.8. The van der Waals surface area contributed by atoms with E-state index in [-0.39, 0.29) is 5.25 Å². The molecule has 2 aromatic rings. The molecule has 5 nitrogen and oxygen atoms in total. The summed E-state index contributed by atoms with van der Waals surface area (Å²) in [5, 5.41) is 3.18. The number of aromatic nitrogens is 1. The van der Waals surface area contributed by atoms with Crippen molar-refractivity contribution in [3.63, 3.8) is 0 Å². The molecule has 0 spiro atoms. The number of sulfonamides is 1. The van der Waals surface area contributed by atoms with Crippen LogP contribution in [0, 0.1) is 5.92 Å². The zero-order valence-electron chi connectivity index (χ0n) is 16.1. The third-order valence-electron chi connectivity index (χ3n) is 5.21. The minimum absolute atomic E-state index is 0.376. The number of benzene rings is 1. The molecule has 1 heterocycles. The smallest absolute Gasteiger partial charge is 0.213 e. The molecule has 0 radical (unpaired) electrons. The normalized spacial score (nSPS) is 20.6. The van der Waals surface area contributed by atoms with Crippen molar-refractivity contribution in [2.45, 2.75) is 50.8 Å². The molecule has 0 amide bonds. The maximum atomic E-state index is 11.9.